The molecule has 0 radical (unpaired) electrons. The summed E-state index contributed by atoms with van der Waals surface area (Å²) in [6, 6.07) is -0.696. The number of ether oxygens (including phenoxy) is 1. The zero-order chi connectivity index (χ0) is 10.3. The summed E-state index contributed by atoms with van der Waals surface area (Å²) in [5.41, 5.74) is 3.50. The van der Waals surface area contributed by atoms with Gasteiger partial charge >= 0.3 is 0 Å². The maximum Gasteiger partial charge on any atom is 0.164 e. The van der Waals surface area contributed by atoms with Crippen molar-refractivity contribution >= 4 is 11.8 Å². The third-order valence-corrected chi connectivity index (χ3v) is 2.99. The van der Waals surface area contributed by atoms with Gasteiger partial charge in [0, 0.05) is 12.8 Å². The summed E-state index contributed by atoms with van der Waals surface area (Å²) in [5.74, 6) is -0.808. The van der Waals surface area contributed by atoms with Crippen LogP contribution in [0.5, 0.6) is 0 Å². The number of carboxylic acids is 1. The van der Waals surface area contributed by atoms with Crippen LogP contribution in [0.1, 0.15) is 19.3 Å². The van der Waals surface area contributed by atoms with Gasteiger partial charge in [0.05, 0.1) is 12.1 Å². The predicted molar refractivity (Wildman–Crippen MR) is 42.7 cm³/mol. The lowest BCUT2D eigenvalue weighted by Gasteiger charge is -2.19. The number of fused-ring (bicyclic) bond motifs is 1. The van der Waals surface area contributed by atoms with Gasteiger partial charge in [-0.2, -0.15) is 0 Å². The number of rotatable bonds is 3. The number of Topliss-reactive ketones (excluding diaryl/α,β-unsaturated/α-hetero) is 1. The van der Waals surface area contributed by atoms with E-state index in [9.17, 15) is 14.7 Å². The highest BCUT2D eigenvalue weighted by Gasteiger charge is 2.52. The van der Waals surface area contributed by atoms with Gasteiger partial charge in [0.15, 0.2) is 5.78 Å². The van der Waals surface area contributed by atoms with Crippen molar-refractivity contribution in [3.63, 3.8) is 0 Å². The minimum atomic E-state index is -1.13. The van der Waals surface area contributed by atoms with Crippen LogP contribution in [0.15, 0.2) is 0 Å². The molecule has 78 valence electrons. The van der Waals surface area contributed by atoms with Crippen molar-refractivity contribution in [3.05, 3.63) is 0 Å². The first kappa shape index (κ1) is 9.61. The molecular weight excluding hydrogens is 186 g/mol. The van der Waals surface area contributed by atoms with Crippen LogP contribution >= 0.6 is 0 Å². The molecule has 2 fully saturated rings. The Morgan fingerprint density at radius 3 is 3.07 bits per heavy atom. The molecular formula is C9H13NO4. The Hall–Kier alpha value is -0.940. The van der Waals surface area contributed by atoms with Crippen molar-refractivity contribution in [2.24, 2.45) is 5.92 Å². The van der Waals surface area contributed by atoms with Gasteiger partial charge in [-0.15, -0.1) is 0 Å². The largest absolute Gasteiger partial charge is 0.544 e. The standard InChI is InChI=1S/C9H13NO4/c10-5(9(12)13)3-4-1-2-6(11)8-7(4)14-8/h4-5,7-8H,1-3,10H2,(H,12,13)/t4-,5-,7+,8-/m0/s1. The summed E-state index contributed by atoms with van der Waals surface area (Å²) in [6.45, 7) is 0. The normalized spacial score (nSPS) is 37.5. The van der Waals surface area contributed by atoms with E-state index >= 15 is 0 Å². The van der Waals surface area contributed by atoms with Crippen molar-refractivity contribution in [1.82, 2.24) is 0 Å². The van der Waals surface area contributed by atoms with Crippen LogP contribution in [0.25, 0.3) is 0 Å². The number of carboxylic acid groups (broad SMARTS) is 1. The topological polar surface area (TPSA) is 97.4 Å². The molecule has 1 saturated carbocycles. The number of hydrogen-bond acceptors (Lipinski definition) is 4. The van der Waals surface area contributed by atoms with Crippen LogP contribution in [-0.4, -0.2) is 30.0 Å². The molecule has 2 aliphatic rings. The van der Waals surface area contributed by atoms with Gasteiger partial charge in [0.2, 0.25) is 0 Å². The van der Waals surface area contributed by atoms with E-state index in [-0.39, 0.29) is 23.9 Å². The Morgan fingerprint density at radius 2 is 2.43 bits per heavy atom. The van der Waals surface area contributed by atoms with E-state index in [4.69, 9.17) is 4.74 Å². The molecule has 4 atom stereocenters. The van der Waals surface area contributed by atoms with Crippen molar-refractivity contribution in [2.45, 2.75) is 37.5 Å². The molecule has 1 saturated heterocycles. The quantitative estimate of drug-likeness (QED) is 0.507. The molecule has 14 heavy (non-hydrogen) atoms. The van der Waals surface area contributed by atoms with Gasteiger partial charge in [-0.3, -0.25) is 4.79 Å². The lowest BCUT2D eigenvalue weighted by molar-refractivity contribution is -0.440. The predicted octanol–water partition coefficient (Wildman–Crippen LogP) is -2.52. The Bertz CT molecular complexity index is 278. The molecule has 1 aliphatic carbocycles. The number of quaternary nitrogens is 1. The zero-order valence-electron chi connectivity index (χ0n) is 7.77. The van der Waals surface area contributed by atoms with E-state index in [1.54, 1.807) is 0 Å². The Morgan fingerprint density at radius 1 is 1.71 bits per heavy atom. The molecule has 0 amide bonds. The number of epoxide rings is 1. The smallest absolute Gasteiger partial charge is 0.164 e. The first-order chi connectivity index (χ1) is 6.59. The van der Waals surface area contributed by atoms with E-state index in [2.05, 4.69) is 5.73 Å². The average molecular weight is 199 g/mol. The second-order valence-electron chi connectivity index (χ2n) is 4.04. The molecule has 0 bridgehead atoms. The molecule has 3 N–H and O–H groups in total. The first-order valence-corrected chi connectivity index (χ1v) is 4.81. The molecule has 2 rings (SSSR count). The van der Waals surface area contributed by atoms with Gasteiger partial charge in [-0.1, -0.05) is 0 Å². The minimum Gasteiger partial charge on any atom is -0.544 e. The average Bonchev–Trinajstić information content (AvgIpc) is 2.89. The maximum absolute atomic E-state index is 11.1. The van der Waals surface area contributed by atoms with Crippen LogP contribution in [0.3, 0.4) is 0 Å². The number of hydrogen-bond donors (Lipinski definition) is 1. The second kappa shape index (κ2) is 3.33. The summed E-state index contributed by atoms with van der Waals surface area (Å²) in [7, 11) is 0. The van der Waals surface area contributed by atoms with Gasteiger partial charge in [-0.05, 0) is 12.3 Å². The number of carbonyl (C=O) groups excluding carboxylic acids is 2. The maximum atomic E-state index is 11.1. The van der Waals surface area contributed by atoms with E-state index in [0.717, 1.165) is 6.42 Å². The fraction of sp³-hybridized carbons (Fsp3) is 0.778. The molecule has 0 unspecified atom stereocenters. The molecule has 5 heteroatoms. The Labute approximate surface area is 81.2 Å². The van der Waals surface area contributed by atoms with Crippen LogP contribution < -0.4 is 10.8 Å². The van der Waals surface area contributed by atoms with Crippen molar-refractivity contribution in [2.75, 3.05) is 0 Å². The summed E-state index contributed by atoms with van der Waals surface area (Å²) in [6.07, 6.45) is 1.39. The van der Waals surface area contributed by atoms with Crippen LogP contribution in [0.4, 0.5) is 0 Å². The van der Waals surface area contributed by atoms with E-state index in [1.165, 1.54) is 0 Å². The Kier molecular flexibility index (Phi) is 2.28. The third-order valence-electron chi connectivity index (χ3n) is 2.99. The highest BCUT2D eigenvalue weighted by Crippen LogP contribution is 2.40. The third kappa shape index (κ3) is 1.65. The van der Waals surface area contributed by atoms with Crippen LogP contribution in [-0.2, 0) is 14.3 Å². The highest BCUT2D eigenvalue weighted by molar-refractivity contribution is 5.87. The highest BCUT2D eigenvalue weighted by atomic mass is 16.6. The van der Waals surface area contributed by atoms with Crippen molar-refractivity contribution in [1.29, 1.82) is 0 Å². The Balaban J connectivity index is 1.88. The van der Waals surface area contributed by atoms with E-state index in [1.807, 2.05) is 0 Å². The number of aliphatic carboxylic acids is 1. The molecule has 0 aromatic rings. The molecule has 5 nitrogen and oxygen atoms in total. The van der Waals surface area contributed by atoms with Gasteiger partial charge < -0.3 is 20.4 Å². The van der Waals surface area contributed by atoms with Crippen molar-refractivity contribution in [3.8, 4) is 0 Å². The first-order valence-electron chi connectivity index (χ1n) is 4.81. The summed E-state index contributed by atoms with van der Waals surface area (Å²) in [5, 5.41) is 10.5. The summed E-state index contributed by atoms with van der Waals surface area (Å²) in [4.78, 5) is 21.6. The summed E-state index contributed by atoms with van der Waals surface area (Å²) < 4.78 is 5.19. The molecule has 0 aromatic carbocycles. The zero-order valence-corrected chi connectivity index (χ0v) is 7.77. The second-order valence-corrected chi connectivity index (χ2v) is 4.04. The monoisotopic (exact) mass is 199 g/mol. The summed E-state index contributed by atoms with van der Waals surface area (Å²) >= 11 is 0. The molecule has 1 aliphatic heterocycles. The molecule has 1 heterocycles. The lowest BCUT2D eigenvalue weighted by Crippen LogP contribution is -2.69. The number of carbonyl (C=O) groups is 2. The van der Waals surface area contributed by atoms with E-state index in [0.29, 0.717) is 12.8 Å². The van der Waals surface area contributed by atoms with Gasteiger partial charge in [-0.25, -0.2) is 0 Å². The van der Waals surface area contributed by atoms with Crippen LogP contribution in [0, 0.1) is 5.92 Å². The molecule has 0 aromatic heterocycles. The van der Waals surface area contributed by atoms with E-state index < -0.39 is 12.0 Å². The minimum absolute atomic E-state index is 0.0418. The molecule has 0 spiro atoms. The fourth-order valence-electron chi connectivity index (χ4n) is 2.09. The fourth-order valence-corrected chi connectivity index (χ4v) is 2.09. The van der Waals surface area contributed by atoms with Crippen molar-refractivity contribution < 1.29 is 25.2 Å². The van der Waals surface area contributed by atoms with Gasteiger partial charge in [0.1, 0.15) is 12.1 Å². The van der Waals surface area contributed by atoms with Gasteiger partial charge in [0.25, 0.3) is 0 Å². The van der Waals surface area contributed by atoms with Crippen LogP contribution in [0.2, 0.25) is 0 Å². The lowest BCUT2D eigenvalue weighted by atomic mass is 9.84. The SMILES string of the molecule is [NH3+][C@@H](C[C@@H]1CCC(=O)[C@@H]2O[C@H]12)C(=O)[O-]. The number of ketones is 1.